The molecule has 0 amide bonds. The number of rotatable bonds is 12. The summed E-state index contributed by atoms with van der Waals surface area (Å²) in [6, 6.07) is 72.7. The van der Waals surface area contributed by atoms with Crippen molar-refractivity contribution in [3.05, 3.63) is 237 Å². The zero-order valence-corrected chi connectivity index (χ0v) is 67.5. The van der Waals surface area contributed by atoms with Gasteiger partial charge in [0.2, 0.25) is 12.0 Å². The molecule has 0 saturated heterocycles. The van der Waals surface area contributed by atoms with E-state index >= 15 is 0 Å². The van der Waals surface area contributed by atoms with Crippen LogP contribution < -0.4 is 62.1 Å². The second-order valence-electron chi connectivity index (χ2n) is 30.3. The molecule has 4 aliphatic heterocycles. The molecule has 109 heavy (non-hydrogen) atoms. The maximum atomic E-state index is 4.93. The average Bonchev–Trinajstić information content (AvgIpc) is 1.62. The van der Waals surface area contributed by atoms with Gasteiger partial charge in [-0.15, -0.1) is 0 Å². The highest BCUT2D eigenvalue weighted by atomic mass is 15.5. The Morgan fingerprint density at radius 3 is 1.07 bits per heavy atom. The molecule has 0 spiro atoms. The number of para-hydroxylation sites is 10. The fourth-order valence-electron chi connectivity index (χ4n) is 17.3. The van der Waals surface area contributed by atoms with Gasteiger partial charge in [0.1, 0.15) is 23.4 Å². The van der Waals surface area contributed by atoms with Crippen molar-refractivity contribution in [2.75, 3.05) is 39.2 Å². The number of imidazole rings is 3. The van der Waals surface area contributed by atoms with Crippen molar-refractivity contribution in [3.8, 4) is 40.2 Å². The number of pyridine rings is 4. The quantitative estimate of drug-likeness (QED) is 0.109. The molecule has 0 unspecified atom stereocenters. The van der Waals surface area contributed by atoms with E-state index in [1.807, 2.05) is 38.6 Å². The van der Waals surface area contributed by atoms with E-state index in [2.05, 4.69) is 429 Å². The zero-order valence-electron chi connectivity index (χ0n) is 67.5. The molecule has 560 valence electrons. The van der Waals surface area contributed by atoms with Gasteiger partial charge >= 0.3 is 0 Å². The molecule has 0 saturated carbocycles. The van der Waals surface area contributed by atoms with Crippen LogP contribution in [-0.4, -0.2) is 82.2 Å². The van der Waals surface area contributed by atoms with Gasteiger partial charge in [0.05, 0.1) is 68.2 Å². The molecule has 0 aliphatic carbocycles. The minimum Gasteiger partial charge on any atom is -0.334 e. The molecule has 0 fully saturated rings. The van der Waals surface area contributed by atoms with Crippen molar-refractivity contribution in [3.63, 3.8) is 0 Å². The molecule has 13 aromatic rings. The zero-order chi connectivity index (χ0) is 77.1. The van der Waals surface area contributed by atoms with Crippen LogP contribution in [-0.2, 0) is 56.4 Å². The molecule has 0 bridgehead atoms. The molecule has 20 heteroatoms. The maximum Gasteiger partial charge on any atom is 0.289 e. The third-order valence-corrected chi connectivity index (χ3v) is 22.4. The van der Waals surface area contributed by atoms with E-state index in [4.69, 9.17) is 4.98 Å². The first kappa shape index (κ1) is 74.1. The van der Waals surface area contributed by atoms with E-state index in [1.54, 1.807) is 0 Å². The lowest BCUT2D eigenvalue weighted by Crippen LogP contribution is -2.50. The lowest BCUT2D eigenvalue weighted by molar-refractivity contribution is -0.763. The summed E-state index contributed by atoms with van der Waals surface area (Å²) in [5.74, 6) is 8.76. The summed E-state index contributed by atoms with van der Waals surface area (Å²) in [4.78, 5) is 33.6. The number of benzene rings is 5. The number of aromatic nitrogens is 12. The first-order chi connectivity index (χ1) is 52.4. The Morgan fingerprint density at radius 2 is 0.706 bits per heavy atom. The van der Waals surface area contributed by atoms with E-state index in [1.165, 1.54) is 57.1 Å². The van der Waals surface area contributed by atoms with E-state index < -0.39 is 0 Å². The van der Waals surface area contributed by atoms with Gasteiger partial charge in [-0.1, -0.05) is 65.3 Å². The third kappa shape index (κ3) is 13.0. The second kappa shape index (κ2) is 30.1. The molecular weight excluding hydrogens is 1350 g/mol. The normalized spacial score (nSPS) is 16.3. The van der Waals surface area contributed by atoms with E-state index in [0.717, 1.165) is 68.7 Å². The Kier molecular flexibility index (Phi) is 20.5. The van der Waals surface area contributed by atoms with Crippen molar-refractivity contribution < 1.29 is 23.0 Å². The van der Waals surface area contributed by atoms with Gasteiger partial charge in [-0.05, 0) is 198 Å². The maximum absolute atomic E-state index is 4.93. The summed E-state index contributed by atoms with van der Waals surface area (Å²) >= 11 is 0. The fraction of sp³-hybridized carbons (Fsp3) is 0.326. The Hall–Kier alpha value is -11.8. The highest BCUT2D eigenvalue weighted by Gasteiger charge is 2.46. The van der Waals surface area contributed by atoms with Crippen LogP contribution in [0.3, 0.4) is 0 Å². The topological polar surface area (TPSA) is 104 Å². The summed E-state index contributed by atoms with van der Waals surface area (Å²) in [5.41, 5.74) is 16.8. The number of nitrogens with zero attached hydrogens (tertiary/aromatic N) is 20. The first-order valence-corrected chi connectivity index (χ1v) is 38.5. The number of hydrogen-bond acceptors (Lipinski definition) is 11. The molecule has 0 N–H and O–H groups in total. The highest BCUT2D eigenvalue weighted by molar-refractivity contribution is 5.86. The van der Waals surface area contributed by atoms with Gasteiger partial charge in [-0.3, -0.25) is 0 Å². The van der Waals surface area contributed by atoms with Crippen LogP contribution in [0.2, 0.25) is 0 Å². The van der Waals surface area contributed by atoms with Crippen LogP contribution >= 0.6 is 0 Å². The van der Waals surface area contributed by atoms with Crippen LogP contribution in [0.15, 0.2) is 231 Å². The van der Waals surface area contributed by atoms with Crippen molar-refractivity contribution >= 4 is 79.8 Å². The number of aryl methyl sites for hydroxylation is 4. The summed E-state index contributed by atoms with van der Waals surface area (Å²) in [6.45, 7) is 29.2. The average molecular weight is 1460 g/mol. The molecule has 12 heterocycles. The van der Waals surface area contributed by atoms with Gasteiger partial charge in [-0.25, -0.2) is 52.8 Å². The standard InChI is InChI=1S/C25H28N5.C22H28N5.C21H27N5.C21H26N5/c1-17(2)29-18(3)30(22-14-9-8-13-21(22)29)24-16-10-15-23(27(24)4)25-26-19-11-6-7-12-20(19)28(25)5;1-15(2)26-17(4)27(20-11-8-7-10-19(20)26)22-13-9-12-18(25(22)6)21-14-23-16(3)24(21)5;1-16(2)25-17(3)26(19-11-7-6-10-18(19)25)21-13-8-12-20(23(21)5)24-15-9-14-22(24)4;1-15(2)25-16(3)26(18-10-7-6-9-17(18)25)20-12-8-11-19(24(20)5)21-22-13-14-23(21)4/h6-18H,1-5H3;7-15,17H,1-6H3;6-17H,1-5H3;6-16H,1-5H3/q2*+1;+2;+1/t18-;2*17-;16-/m1111/s1. The highest BCUT2D eigenvalue weighted by Crippen LogP contribution is 2.48. The largest absolute Gasteiger partial charge is 0.334 e. The molecule has 4 atom stereocenters. The predicted molar refractivity (Wildman–Crippen MR) is 442 cm³/mol. The van der Waals surface area contributed by atoms with Crippen LogP contribution in [0.1, 0.15) is 88.9 Å². The van der Waals surface area contributed by atoms with Crippen molar-refractivity contribution in [1.82, 2.24) is 33.3 Å². The summed E-state index contributed by atoms with van der Waals surface area (Å²) < 4.78 is 19.6. The molecular formula is C89H109N20+5. The lowest BCUT2D eigenvalue weighted by Gasteiger charge is -2.30. The second-order valence-corrected chi connectivity index (χ2v) is 30.3. The molecule has 5 aromatic carbocycles. The van der Waals surface area contributed by atoms with E-state index in [-0.39, 0.29) is 24.7 Å². The van der Waals surface area contributed by atoms with Crippen LogP contribution in [0, 0.1) is 6.92 Å². The third-order valence-electron chi connectivity index (χ3n) is 22.4. The van der Waals surface area contributed by atoms with Gasteiger partial charge in [-0.2, -0.15) is 0 Å². The molecule has 4 aliphatic rings. The summed E-state index contributed by atoms with van der Waals surface area (Å²) in [7, 11) is 16.8. The Bertz CT molecular complexity index is 5290. The Labute approximate surface area is 644 Å². The van der Waals surface area contributed by atoms with Crippen LogP contribution in [0.5, 0.6) is 0 Å². The van der Waals surface area contributed by atoms with Gasteiger partial charge < -0.3 is 33.3 Å². The minimum absolute atomic E-state index is 0.226. The SMILES string of the molecule is CC(C)N1c2ccccc2N(c2cccc(-c3nc4ccccc4n3C)[n+]2C)[C@@H]1C.CC(C)N1c2ccccc2N(c2cccc(-c3nccn3C)[n+]2C)[C@@H]1C.CC(C)N1c2ccccc2N(c2cccc(-n3ccc[n+]3C)[n+]2C)[C@@H]1C.Cc1ncc(-c2cccc(N3c4ccccc4N(C(C)C)[C@H]3C)[n+]2C)n1C. The predicted octanol–water partition coefficient (Wildman–Crippen LogP) is 15.2. The van der Waals surface area contributed by atoms with Crippen LogP contribution in [0.4, 0.5) is 68.8 Å². The number of anilines is 12. The van der Waals surface area contributed by atoms with Gasteiger partial charge in [0.15, 0.2) is 77.5 Å². The van der Waals surface area contributed by atoms with Crippen molar-refractivity contribution in [2.24, 2.45) is 56.4 Å². The van der Waals surface area contributed by atoms with Crippen molar-refractivity contribution in [1.29, 1.82) is 0 Å². The minimum atomic E-state index is 0.226. The van der Waals surface area contributed by atoms with E-state index in [9.17, 15) is 0 Å². The lowest BCUT2D eigenvalue weighted by atomic mass is 10.2. The smallest absolute Gasteiger partial charge is 0.289 e. The summed E-state index contributed by atoms with van der Waals surface area (Å²) in [5, 5.41) is 0. The van der Waals surface area contributed by atoms with E-state index in [0.29, 0.717) is 24.2 Å². The number of fused-ring (bicyclic) bond motifs is 5. The number of hydrogen-bond donors (Lipinski definition) is 0. The molecule has 0 radical (unpaired) electrons. The Morgan fingerprint density at radius 1 is 0.349 bits per heavy atom. The van der Waals surface area contributed by atoms with Gasteiger partial charge in [0, 0.05) is 94.1 Å². The van der Waals surface area contributed by atoms with Gasteiger partial charge in [0.25, 0.3) is 23.3 Å². The molecule has 20 nitrogen and oxygen atoms in total. The fourth-order valence-corrected chi connectivity index (χ4v) is 17.3. The molecule has 17 rings (SSSR count). The van der Waals surface area contributed by atoms with Crippen molar-refractivity contribution in [2.45, 2.75) is 139 Å². The first-order valence-electron chi connectivity index (χ1n) is 38.5. The monoisotopic (exact) mass is 1460 g/mol. The van der Waals surface area contributed by atoms with Crippen LogP contribution in [0.25, 0.3) is 51.3 Å². The summed E-state index contributed by atoms with van der Waals surface area (Å²) in [6.07, 6.45) is 10.9. The molecule has 8 aromatic heterocycles. The Balaban J connectivity index is 0.000000122.